The van der Waals surface area contributed by atoms with E-state index in [9.17, 15) is 8.42 Å². The van der Waals surface area contributed by atoms with Crippen LogP contribution in [0.25, 0.3) is 0 Å². The minimum absolute atomic E-state index is 0.0744. The van der Waals surface area contributed by atoms with Crippen molar-refractivity contribution in [2.45, 2.75) is 11.0 Å². The first-order valence-electron chi connectivity index (χ1n) is 4.60. The van der Waals surface area contributed by atoms with Crippen LogP contribution in [0, 0.1) is 0 Å². The normalized spacial score (nSPS) is 13.6. The first-order chi connectivity index (χ1) is 7.86. The van der Waals surface area contributed by atoms with Crippen LogP contribution in [0.3, 0.4) is 0 Å². The highest BCUT2D eigenvalue weighted by atomic mass is 79.9. The molecule has 5 nitrogen and oxygen atoms in total. The van der Waals surface area contributed by atoms with Crippen molar-refractivity contribution in [1.82, 2.24) is 4.72 Å². The Labute approximate surface area is 113 Å². The van der Waals surface area contributed by atoms with E-state index in [1.807, 2.05) is 0 Å². The van der Waals surface area contributed by atoms with Gasteiger partial charge in [0, 0.05) is 11.0 Å². The molecule has 0 radical (unpaired) electrons. The lowest BCUT2D eigenvalue weighted by Gasteiger charge is -2.11. The van der Waals surface area contributed by atoms with Gasteiger partial charge in [-0.25, -0.2) is 13.1 Å². The number of aliphatic hydroxyl groups excluding tert-OH is 2. The summed E-state index contributed by atoms with van der Waals surface area (Å²) in [5, 5.41) is 17.7. The summed E-state index contributed by atoms with van der Waals surface area (Å²) in [5.41, 5.74) is 0. The zero-order chi connectivity index (χ0) is 13.1. The Morgan fingerprint density at radius 2 is 2.12 bits per heavy atom. The summed E-state index contributed by atoms with van der Waals surface area (Å²) < 4.78 is 26.4. The molecule has 17 heavy (non-hydrogen) atoms. The number of nitrogens with one attached hydrogen (secondary N) is 1. The second-order valence-corrected chi connectivity index (χ2v) is 6.32. The Hall–Kier alpha value is -0.180. The molecule has 0 fully saturated rings. The van der Waals surface area contributed by atoms with Crippen molar-refractivity contribution in [2.75, 3.05) is 13.2 Å². The van der Waals surface area contributed by atoms with E-state index in [0.29, 0.717) is 4.47 Å². The standard InChI is InChI=1S/C9H11BrClNO4S/c10-6-1-2-9(8(11)3-6)17(15,16)12-4-7(14)5-13/h1-3,7,12-14H,4-5H2. The van der Waals surface area contributed by atoms with Crippen LogP contribution < -0.4 is 4.72 Å². The average molecular weight is 345 g/mol. The van der Waals surface area contributed by atoms with Gasteiger partial charge in [-0.1, -0.05) is 27.5 Å². The van der Waals surface area contributed by atoms with Gasteiger partial charge in [0.1, 0.15) is 4.90 Å². The van der Waals surface area contributed by atoms with E-state index in [1.54, 1.807) is 6.07 Å². The molecule has 0 saturated carbocycles. The molecule has 1 unspecified atom stereocenters. The highest BCUT2D eigenvalue weighted by molar-refractivity contribution is 9.10. The summed E-state index contributed by atoms with van der Waals surface area (Å²) >= 11 is 8.97. The first-order valence-corrected chi connectivity index (χ1v) is 7.26. The fourth-order valence-corrected chi connectivity index (χ4v) is 3.15. The van der Waals surface area contributed by atoms with Crippen LogP contribution in [0.15, 0.2) is 27.6 Å². The lowest BCUT2D eigenvalue weighted by Crippen LogP contribution is -2.34. The van der Waals surface area contributed by atoms with Crippen molar-refractivity contribution in [3.63, 3.8) is 0 Å². The molecule has 1 aromatic rings. The third kappa shape index (κ3) is 4.20. The van der Waals surface area contributed by atoms with Crippen LogP contribution in [-0.2, 0) is 10.0 Å². The van der Waals surface area contributed by atoms with E-state index in [-0.39, 0.29) is 16.5 Å². The van der Waals surface area contributed by atoms with E-state index in [4.69, 9.17) is 21.8 Å². The van der Waals surface area contributed by atoms with Crippen molar-refractivity contribution in [2.24, 2.45) is 0 Å². The van der Waals surface area contributed by atoms with E-state index in [0.717, 1.165) is 0 Å². The maximum absolute atomic E-state index is 11.8. The number of halogens is 2. The van der Waals surface area contributed by atoms with Crippen LogP contribution in [0.4, 0.5) is 0 Å². The van der Waals surface area contributed by atoms with Gasteiger partial charge in [-0.2, -0.15) is 0 Å². The second kappa shape index (κ2) is 6.12. The van der Waals surface area contributed by atoms with Gasteiger partial charge < -0.3 is 10.2 Å². The lowest BCUT2D eigenvalue weighted by atomic mass is 10.4. The van der Waals surface area contributed by atoms with Gasteiger partial charge in [0.25, 0.3) is 0 Å². The maximum atomic E-state index is 11.8. The number of sulfonamides is 1. The smallest absolute Gasteiger partial charge is 0.242 e. The molecule has 0 aliphatic heterocycles. The number of hydrogen-bond acceptors (Lipinski definition) is 4. The topological polar surface area (TPSA) is 86.6 Å². The zero-order valence-corrected chi connectivity index (χ0v) is 11.8. The number of aliphatic hydroxyl groups is 2. The Morgan fingerprint density at radius 1 is 1.47 bits per heavy atom. The molecule has 8 heteroatoms. The molecule has 1 rings (SSSR count). The lowest BCUT2D eigenvalue weighted by molar-refractivity contribution is 0.0988. The van der Waals surface area contributed by atoms with Crippen molar-refractivity contribution in [3.8, 4) is 0 Å². The van der Waals surface area contributed by atoms with Gasteiger partial charge in [0.15, 0.2) is 0 Å². The highest BCUT2D eigenvalue weighted by Crippen LogP contribution is 2.24. The molecular formula is C9H11BrClNO4S. The van der Waals surface area contributed by atoms with Gasteiger partial charge in [0.05, 0.1) is 17.7 Å². The van der Waals surface area contributed by atoms with Gasteiger partial charge in [-0.05, 0) is 18.2 Å². The van der Waals surface area contributed by atoms with Gasteiger partial charge >= 0.3 is 0 Å². The largest absolute Gasteiger partial charge is 0.394 e. The highest BCUT2D eigenvalue weighted by Gasteiger charge is 2.18. The van der Waals surface area contributed by atoms with E-state index >= 15 is 0 Å². The molecule has 0 aliphatic carbocycles. The van der Waals surface area contributed by atoms with E-state index in [2.05, 4.69) is 20.7 Å². The van der Waals surface area contributed by atoms with Crippen molar-refractivity contribution in [1.29, 1.82) is 0 Å². The molecule has 0 aliphatic rings. The molecule has 0 amide bonds. The molecule has 3 N–H and O–H groups in total. The Kier molecular flexibility index (Phi) is 5.36. The summed E-state index contributed by atoms with van der Waals surface area (Å²) in [5.74, 6) is 0. The van der Waals surface area contributed by atoms with E-state index < -0.39 is 22.7 Å². The van der Waals surface area contributed by atoms with Crippen molar-refractivity contribution >= 4 is 37.6 Å². The van der Waals surface area contributed by atoms with Crippen LogP contribution in [0.2, 0.25) is 5.02 Å². The van der Waals surface area contributed by atoms with E-state index in [1.165, 1.54) is 12.1 Å². The molecule has 0 aromatic heterocycles. The summed E-state index contributed by atoms with van der Waals surface area (Å²) in [6.07, 6.45) is -1.14. The molecule has 96 valence electrons. The SMILES string of the molecule is O=S(=O)(NCC(O)CO)c1ccc(Br)cc1Cl. The van der Waals surface area contributed by atoms with Crippen LogP contribution in [0.5, 0.6) is 0 Å². The third-order valence-electron chi connectivity index (χ3n) is 1.90. The van der Waals surface area contributed by atoms with Gasteiger partial charge in [0.2, 0.25) is 10.0 Å². The predicted octanol–water partition coefficient (Wildman–Crippen LogP) is 0.734. The molecule has 0 bridgehead atoms. The minimum Gasteiger partial charge on any atom is -0.394 e. The van der Waals surface area contributed by atoms with Gasteiger partial charge in [-0.15, -0.1) is 0 Å². The second-order valence-electron chi connectivity index (χ2n) is 3.26. The van der Waals surface area contributed by atoms with Crippen LogP contribution in [0.1, 0.15) is 0 Å². The predicted molar refractivity (Wildman–Crippen MR) is 67.4 cm³/mol. The minimum atomic E-state index is -3.79. The molecule has 1 atom stereocenters. The summed E-state index contributed by atoms with van der Waals surface area (Å²) in [6, 6.07) is 4.35. The van der Waals surface area contributed by atoms with Crippen LogP contribution >= 0.6 is 27.5 Å². The Morgan fingerprint density at radius 3 is 2.65 bits per heavy atom. The monoisotopic (exact) mass is 343 g/mol. The van der Waals surface area contributed by atoms with Crippen molar-refractivity contribution < 1.29 is 18.6 Å². The molecule has 0 spiro atoms. The molecule has 1 aromatic carbocycles. The fraction of sp³-hybridized carbons (Fsp3) is 0.333. The summed E-state index contributed by atoms with van der Waals surface area (Å²) in [6.45, 7) is -0.790. The number of rotatable bonds is 5. The summed E-state index contributed by atoms with van der Waals surface area (Å²) in [7, 11) is -3.79. The Bertz CT molecular complexity index is 494. The van der Waals surface area contributed by atoms with Gasteiger partial charge in [-0.3, -0.25) is 0 Å². The molecular weight excluding hydrogens is 334 g/mol. The number of hydrogen-bond donors (Lipinski definition) is 3. The molecule has 0 heterocycles. The summed E-state index contributed by atoms with van der Waals surface area (Å²) in [4.78, 5) is -0.0764. The zero-order valence-electron chi connectivity index (χ0n) is 8.60. The number of benzene rings is 1. The molecule has 0 saturated heterocycles. The van der Waals surface area contributed by atoms with Crippen molar-refractivity contribution in [3.05, 3.63) is 27.7 Å². The fourth-order valence-electron chi connectivity index (χ4n) is 1.04. The third-order valence-corrected chi connectivity index (χ3v) is 4.30. The average Bonchev–Trinajstić information content (AvgIpc) is 2.25. The first kappa shape index (κ1) is 14.9. The Balaban J connectivity index is 2.90. The quantitative estimate of drug-likeness (QED) is 0.735. The maximum Gasteiger partial charge on any atom is 0.242 e. The van der Waals surface area contributed by atoms with Crippen LogP contribution in [-0.4, -0.2) is 37.9 Å².